The molecule has 33 heavy (non-hydrogen) atoms. The number of aliphatic hydroxyl groups excluding tert-OH is 3. The Balaban J connectivity index is 1.66. The second-order valence-corrected chi connectivity index (χ2v) is 12.7. The molecule has 0 spiro atoms. The molecule has 0 unspecified atom stereocenters. The third-order valence-corrected chi connectivity index (χ3v) is 9.03. The van der Waals surface area contributed by atoms with Crippen LogP contribution in [0.1, 0.15) is 105 Å². The predicted molar refractivity (Wildman–Crippen MR) is 138 cm³/mol. The highest BCUT2D eigenvalue weighted by Crippen LogP contribution is 2.60. The Morgan fingerprint density at radius 2 is 1.79 bits per heavy atom. The first-order chi connectivity index (χ1) is 15.5. The van der Waals surface area contributed by atoms with Crippen LogP contribution in [0, 0.1) is 28.6 Å². The fourth-order valence-electron chi connectivity index (χ4n) is 7.27. The van der Waals surface area contributed by atoms with Crippen molar-refractivity contribution in [3.63, 3.8) is 0 Å². The fourth-order valence-corrected chi connectivity index (χ4v) is 7.27. The van der Waals surface area contributed by atoms with Crippen molar-refractivity contribution < 1.29 is 15.3 Å². The number of rotatable bonds is 7. The number of aliphatic hydroxyl groups is 3. The van der Waals surface area contributed by atoms with E-state index in [1.807, 2.05) is 0 Å². The smallest absolute Gasteiger partial charge is 0.0812 e. The summed E-state index contributed by atoms with van der Waals surface area (Å²) in [5, 5.41) is 30.1. The van der Waals surface area contributed by atoms with Gasteiger partial charge >= 0.3 is 0 Å². The van der Waals surface area contributed by atoms with Crippen molar-refractivity contribution in [2.24, 2.45) is 28.6 Å². The maximum atomic E-state index is 10.5. The van der Waals surface area contributed by atoms with E-state index in [0.29, 0.717) is 41.6 Å². The van der Waals surface area contributed by atoms with E-state index in [9.17, 15) is 10.2 Å². The molecule has 3 heteroatoms. The summed E-state index contributed by atoms with van der Waals surface area (Å²) in [4.78, 5) is 0. The number of hydrogen-bond donors (Lipinski definition) is 3. The van der Waals surface area contributed by atoms with Crippen molar-refractivity contribution >= 4 is 0 Å². The summed E-state index contributed by atoms with van der Waals surface area (Å²) in [5.74, 6) is 2.32. The molecule has 0 bridgehead atoms. The van der Waals surface area contributed by atoms with Crippen LogP contribution < -0.4 is 0 Å². The van der Waals surface area contributed by atoms with Crippen LogP contribution in [-0.2, 0) is 0 Å². The first kappa shape index (κ1) is 26.7. The van der Waals surface area contributed by atoms with Gasteiger partial charge in [-0.15, -0.1) is 0 Å². The Kier molecular flexibility index (Phi) is 9.08. The fraction of sp³-hybridized carbons (Fsp3) is 0.800. The molecule has 3 fully saturated rings. The number of hydrogen-bond acceptors (Lipinski definition) is 3. The normalized spacial score (nSPS) is 35.0. The topological polar surface area (TPSA) is 60.7 Å². The van der Waals surface area contributed by atoms with Gasteiger partial charge in [-0.1, -0.05) is 76.8 Å². The average Bonchev–Trinajstić information content (AvgIpc) is 3.08. The van der Waals surface area contributed by atoms with E-state index in [-0.39, 0.29) is 6.61 Å². The van der Waals surface area contributed by atoms with Gasteiger partial charge in [0.15, 0.2) is 0 Å². The van der Waals surface area contributed by atoms with E-state index >= 15 is 0 Å². The molecule has 0 aromatic heterocycles. The Labute approximate surface area is 203 Å². The highest BCUT2D eigenvalue weighted by molar-refractivity contribution is 5.30. The minimum Gasteiger partial charge on any atom is -0.396 e. The maximum Gasteiger partial charge on any atom is 0.0812 e. The van der Waals surface area contributed by atoms with Gasteiger partial charge in [0.1, 0.15) is 0 Å². The molecule has 3 aliphatic rings. The van der Waals surface area contributed by atoms with Crippen LogP contribution in [0.5, 0.6) is 0 Å². The molecule has 0 aromatic carbocycles. The van der Waals surface area contributed by atoms with Crippen LogP contribution >= 0.6 is 0 Å². The van der Waals surface area contributed by atoms with E-state index in [1.165, 1.54) is 51.4 Å². The van der Waals surface area contributed by atoms with Gasteiger partial charge in [-0.3, -0.25) is 0 Å². The van der Waals surface area contributed by atoms with Crippen molar-refractivity contribution in [1.82, 2.24) is 0 Å². The number of allylic oxidation sites excluding steroid dienone is 3. The zero-order valence-corrected chi connectivity index (χ0v) is 21.9. The van der Waals surface area contributed by atoms with Crippen LogP contribution in [0.3, 0.4) is 0 Å². The number of fused-ring (bicyclic) bond motifs is 1. The van der Waals surface area contributed by atoms with Crippen molar-refractivity contribution in [3.05, 3.63) is 34.9 Å². The lowest BCUT2D eigenvalue weighted by atomic mass is 9.60. The SMILES string of the molecule is C[C@H](CCCC(C)(C)C)[C@H]1CC[C@H]2/C(=C/C=C3C[C@@H](O)C(=CCCO)[C@H](O)C3)CCC[C@]12C. The summed E-state index contributed by atoms with van der Waals surface area (Å²) in [7, 11) is 0. The average molecular weight is 459 g/mol. The van der Waals surface area contributed by atoms with Gasteiger partial charge < -0.3 is 15.3 Å². The maximum absolute atomic E-state index is 10.5. The minimum atomic E-state index is -0.633. The molecule has 0 aliphatic heterocycles. The van der Waals surface area contributed by atoms with Crippen LogP contribution in [-0.4, -0.2) is 34.1 Å². The van der Waals surface area contributed by atoms with E-state index in [0.717, 1.165) is 17.4 Å². The molecular formula is C30H50O3. The largest absolute Gasteiger partial charge is 0.396 e. The molecule has 3 rings (SSSR count). The second-order valence-electron chi connectivity index (χ2n) is 12.7. The summed E-state index contributed by atoms with van der Waals surface area (Å²) >= 11 is 0. The van der Waals surface area contributed by atoms with E-state index in [1.54, 1.807) is 11.6 Å². The van der Waals surface area contributed by atoms with Crippen molar-refractivity contribution in [3.8, 4) is 0 Å². The molecule has 0 heterocycles. The van der Waals surface area contributed by atoms with Gasteiger partial charge in [0.25, 0.3) is 0 Å². The summed E-state index contributed by atoms with van der Waals surface area (Å²) in [6.07, 6.45) is 17.3. The molecule has 3 saturated carbocycles. The van der Waals surface area contributed by atoms with Gasteiger partial charge in [0, 0.05) is 6.61 Å². The van der Waals surface area contributed by atoms with Gasteiger partial charge in [0.05, 0.1) is 12.2 Å². The van der Waals surface area contributed by atoms with Crippen LogP contribution in [0.2, 0.25) is 0 Å². The van der Waals surface area contributed by atoms with Crippen LogP contribution in [0.4, 0.5) is 0 Å². The predicted octanol–water partition coefficient (Wildman–Crippen LogP) is 6.73. The van der Waals surface area contributed by atoms with Crippen LogP contribution in [0.25, 0.3) is 0 Å². The Hall–Kier alpha value is -0.900. The molecule has 6 atom stereocenters. The van der Waals surface area contributed by atoms with Crippen LogP contribution in [0.15, 0.2) is 34.9 Å². The Morgan fingerprint density at radius 1 is 1.09 bits per heavy atom. The molecule has 3 aliphatic carbocycles. The van der Waals surface area contributed by atoms with Crippen molar-refractivity contribution in [1.29, 1.82) is 0 Å². The quantitative estimate of drug-likeness (QED) is 0.371. The van der Waals surface area contributed by atoms with E-state index < -0.39 is 12.2 Å². The zero-order valence-electron chi connectivity index (χ0n) is 21.9. The molecule has 3 N–H and O–H groups in total. The summed E-state index contributed by atoms with van der Waals surface area (Å²) in [5.41, 5.74) is 4.28. The molecule has 0 saturated heterocycles. The monoisotopic (exact) mass is 458 g/mol. The standard InChI is InChI=1S/C30H50O3/c1-21(9-6-16-29(2,3)4)25-14-15-26-23(10-7-17-30(25,26)5)13-12-22-19-27(32)24(11-8-18-31)28(33)20-22/h11-13,21,25-28,31-33H,6-10,14-20H2,1-5H3/b22-12?,23-13+,24-11?/t21-,25-,26+,27-,28-,30-/m1/s1. The molecular weight excluding hydrogens is 408 g/mol. The van der Waals surface area contributed by atoms with Crippen molar-refractivity contribution in [2.75, 3.05) is 6.61 Å². The highest BCUT2D eigenvalue weighted by Gasteiger charge is 2.50. The summed E-state index contributed by atoms with van der Waals surface area (Å²) in [6, 6.07) is 0. The lowest BCUT2D eigenvalue weighted by Crippen LogP contribution is -2.36. The van der Waals surface area contributed by atoms with Gasteiger partial charge in [-0.05, 0) is 91.9 Å². The van der Waals surface area contributed by atoms with E-state index in [4.69, 9.17) is 5.11 Å². The molecule has 0 amide bonds. The summed E-state index contributed by atoms with van der Waals surface area (Å²) < 4.78 is 0. The third-order valence-electron chi connectivity index (χ3n) is 9.03. The first-order valence-corrected chi connectivity index (χ1v) is 13.6. The van der Waals surface area contributed by atoms with Crippen molar-refractivity contribution in [2.45, 2.75) is 117 Å². The lowest BCUT2D eigenvalue weighted by molar-refractivity contribution is 0.0920. The molecule has 188 valence electrons. The second kappa shape index (κ2) is 11.2. The molecule has 3 nitrogen and oxygen atoms in total. The zero-order chi connectivity index (χ0) is 24.2. The summed E-state index contributed by atoms with van der Waals surface area (Å²) in [6.45, 7) is 12.2. The van der Waals surface area contributed by atoms with Gasteiger partial charge in [-0.2, -0.15) is 0 Å². The highest BCUT2D eigenvalue weighted by atomic mass is 16.3. The molecule has 0 radical (unpaired) electrons. The van der Waals surface area contributed by atoms with Gasteiger partial charge in [0.2, 0.25) is 0 Å². The Morgan fingerprint density at radius 3 is 2.42 bits per heavy atom. The molecule has 0 aromatic rings. The first-order valence-electron chi connectivity index (χ1n) is 13.6. The van der Waals surface area contributed by atoms with E-state index in [2.05, 4.69) is 46.8 Å². The lowest BCUT2D eigenvalue weighted by Gasteiger charge is -2.44. The minimum absolute atomic E-state index is 0.0497. The third kappa shape index (κ3) is 6.61. The van der Waals surface area contributed by atoms with Gasteiger partial charge in [-0.25, -0.2) is 0 Å². The Bertz CT molecular complexity index is 724.